The van der Waals surface area contributed by atoms with Crippen LogP contribution in [0, 0.1) is 5.82 Å². The van der Waals surface area contributed by atoms with Crippen molar-refractivity contribution < 1.29 is 13.9 Å². The Hall–Kier alpha value is -3.12. The van der Waals surface area contributed by atoms with Gasteiger partial charge in [-0.3, -0.25) is 4.79 Å². The molecule has 1 amide bonds. The van der Waals surface area contributed by atoms with Crippen LogP contribution >= 0.6 is 11.3 Å². The molecule has 4 nitrogen and oxygen atoms in total. The minimum absolute atomic E-state index is 0.0198. The Kier molecular flexibility index (Phi) is 6.14. The smallest absolute Gasteiger partial charge is 0.246 e. The number of thiophene rings is 1. The Balaban J connectivity index is 1.35. The summed E-state index contributed by atoms with van der Waals surface area (Å²) >= 11 is 1.58. The second-order valence-corrected chi connectivity index (χ2v) is 8.14. The first-order valence-electron chi connectivity index (χ1n) is 9.85. The number of piperazine rings is 1. The number of halogens is 1. The van der Waals surface area contributed by atoms with E-state index in [2.05, 4.69) is 4.90 Å². The van der Waals surface area contributed by atoms with Crippen LogP contribution in [0.3, 0.4) is 0 Å². The van der Waals surface area contributed by atoms with Crippen LogP contribution in [0.5, 0.6) is 5.75 Å². The van der Waals surface area contributed by atoms with Crippen LogP contribution in [-0.2, 0) is 4.79 Å². The van der Waals surface area contributed by atoms with Gasteiger partial charge in [-0.15, -0.1) is 11.3 Å². The molecule has 154 valence electrons. The minimum Gasteiger partial charge on any atom is -0.495 e. The van der Waals surface area contributed by atoms with Gasteiger partial charge < -0.3 is 14.5 Å². The summed E-state index contributed by atoms with van der Waals surface area (Å²) in [6.07, 6.45) is 3.49. The highest BCUT2D eigenvalue weighted by Gasteiger charge is 2.21. The lowest BCUT2D eigenvalue weighted by Crippen LogP contribution is -2.48. The lowest BCUT2D eigenvalue weighted by atomic mass is 10.2. The topological polar surface area (TPSA) is 32.8 Å². The molecule has 1 saturated heterocycles. The Labute approximate surface area is 179 Å². The summed E-state index contributed by atoms with van der Waals surface area (Å²) in [5, 5.41) is 0. The Bertz CT molecular complexity index is 1040. The van der Waals surface area contributed by atoms with Crippen molar-refractivity contribution >= 4 is 29.0 Å². The van der Waals surface area contributed by atoms with E-state index in [1.165, 1.54) is 12.1 Å². The first kappa shape index (κ1) is 20.2. The van der Waals surface area contributed by atoms with E-state index in [9.17, 15) is 9.18 Å². The number of benzene rings is 2. The number of rotatable bonds is 5. The van der Waals surface area contributed by atoms with E-state index >= 15 is 0 Å². The Morgan fingerprint density at radius 2 is 1.73 bits per heavy atom. The molecule has 0 saturated carbocycles. The van der Waals surface area contributed by atoms with Crippen molar-refractivity contribution in [2.45, 2.75) is 0 Å². The van der Waals surface area contributed by atoms with E-state index in [0.717, 1.165) is 39.8 Å². The zero-order valence-corrected chi connectivity index (χ0v) is 17.6. The van der Waals surface area contributed by atoms with Gasteiger partial charge in [-0.1, -0.05) is 24.3 Å². The van der Waals surface area contributed by atoms with Gasteiger partial charge in [0.1, 0.15) is 11.6 Å². The largest absolute Gasteiger partial charge is 0.495 e. The fraction of sp³-hybridized carbons (Fsp3) is 0.208. The van der Waals surface area contributed by atoms with Crippen molar-refractivity contribution in [1.82, 2.24) is 4.90 Å². The zero-order chi connectivity index (χ0) is 20.9. The molecule has 6 heteroatoms. The maximum absolute atomic E-state index is 13.1. The molecule has 0 spiro atoms. The van der Waals surface area contributed by atoms with Crippen molar-refractivity contribution in [2.75, 3.05) is 38.2 Å². The van der Waals surface area contributed by atoms with Crippen LogP contribution in [0.4, 0.5) is 10.1 Å². The molecule has 1 aromatic heterocycles. The number of hydrogen-bond donors (Lipinski definition) is 0. The van der Waals surface area contributed by atoms with Crippen molar-refractivity contribution in [3.63, 3.8) is 0 Å². The predicted octanol–water partition coefficient (Wildman–Crippen LogP) is 4.92. The molecule has 2 heterocycles. The highest BCUT2D eigenvalue weighted by molar-refractivity contribution is 7.16. The van der Waals surface area contributed by atoms with Gasteiger partial charge in [0.2, 0.25) is 5.91 Å². The molecule has 0 aliphatic carbocycles. The molecule has 0 bridgehead atoms. The van der Waals surface area contributed by atoms with Crippen LogP contribution in [0.1, 0.15) is 4.88 Å². The van der Waals surface area contributed by atoms with Crippen LogP contribution < -0.4 is 9.64 Å². The molecule has 30 heavy (non-hydrogen) atoms. The number of nitrogens with zero attached hydrogens (tertiary/aromatic N) is 2. The van der Waals surface area contributed by atoms with Crippen LogP contribution in [-0.4, -0.2) is 44.1 Å². The summed E-state index contributed by atoms with van der Waals surface area (Å²) < 4.78 is 18.5. The minimum atomic E-state index is -0.244. The van der Waals surface area contributed by atoms with Crippen molar-refractivity contribution in [1.29, 1.82) is 0 Å². The first-order valence-corrected chi connectivity index (χ1v) is 10.7. The van der Waals surface area contributed by atoms with Gasteiger partial charge in [-0.05, 0) is 48.0 Å². The normalized spacial score (nSPS) is 14.3. The number of anilines is 1. The first-order chi connectivity index (χ1) is 14.6. The van der Waals surface area contributed by atoms with Crippen LogP contribution in [0.15, 0.2) is 66.7 Å². The van der Waals surface area contributed by atoms with E-state index in [-0.39, 0.29) is 11.7 Å². The van der Waals surface area contributed by atoms with Gasteiger partial charge in [-0.2, -0.15) is 0 Å². The van der Waals surface area contributed by atoms with Gasteiger partial charge in [0.15, 0.2) is 0 Å². The van der Waals surface area contributed by atoms with Gasteiger partial charge in [0.25, 0.3) is 0 Å². The van der Waals surface area contributed by atoms with E-state index in [1.807, 2.05) is 47.4 Å². The number of amides is 1. The fourth-order valence-electron chi connectivity index (χ4n) is 3.53. The number of carbonyl (C=O) groups excluding carboxylic acids is 1. The number of ether oxygens (including phenoxy) is 1. The molecule has 3 aromatic rings. The highest BCUT2D eigenvalue weighted by Crippen LogP contribution is 2.30. The van der Waals surface area contributed by atoms with Gasteiger partial charge in [0.05, 0.1) is 12.8 Å². The van der Waals surface area contributed by atoms with E-state index < -0.39 is 0 Å². The van der Waals surface area contributed by atoms with Crippen molar-refractivity contribution in [3.05, 3.63) is 77.4 Å². The molecule has 0 unspecified atom stereocenters. The van der Waals surface area contributed by atoms with Crippen molar-refractivity contribution in [2.24, 2.45) is 0 Å². The van der Waals surface area contributed by atoms with Gasteiger partial charge in [-0.25, -0.2) is 4.39 Å². The third kappa shape index (κ3) is 4.54. The summed E-state index contributed by atoms with van der Waals surface area (Å²) in [5.41, 5.74) is 2.04. The molecular formula is C24H23FN2O2S. The molecule has 1 aliphatic rings. The summed E-state index contributed by atoms with van der Waals surface area (Å²) in [7, 11) is 1.68. The van der Waals surface area contributed by atoms with Gasteiger partial charge in [0, 0.05) is 42.0 Å². The van der Waals surface area contributed by atoms with E-state index in [0.29, 0.717) is 13.1 Å². The number of carbonyl (C=O) groups is 1. The molecule has 0 atom stereocenters. The van der Waals surface area contributed by atoms with Crippen LogP contribution in [0.25, 0.3) is 16.5 Å². The summed E-state index contributed by atoms with van der Waals surface area (Å²) in [6.45, 7) is 2.89. The Morgan fingerprint density at radius 3 is 2.47 bits per heavy atom. The predicted molar refractivity (Wildman–Crippen MR) is 121 cm³/mol. The molecule has 2 aromatic carbocycles. The monoisotopic (exact) mass is 422 g/mol. The summed E-state index contributed by atoms with van der Waals surface area (Å²) in [6, 6.07) is 18.4. The SMILES string of the molecule is COc1ccccc1N1CCN(C(=O)/C=C/c2ccc(-c3ccc(F)cc3)s2)CC1. The maximum atomic E-state index is 13.1. The molecule has 1 fully saturated rings. The van der Waals surface area contributed by atoms with E-state index in [1.54, 1.807) is 36.7 Å². The average molecular weight is 423 g/mol. The number of para-hydroxylation sites is 2. The Morgan fingerprint density at radius 1 is 1.00 bits per heavy atom. The quantitative estimate of drug-likeness (QED) is 0.547. The third-order valence-electron chi connectivity index (χ3n) is 5.16. The molecule has 0 N–H and O–H groups in total. The van der Waals surface area contributed by atoms with Crippen molar-refractivity contribution in [3.8, 4) is 16.2 Å². The average Bonchev–Trinajstić information content (AvgIpc) is 3.27. The molecular weight excluding hydrogens is 399 g/mol. The van der Waals surface area contributed by atoms with Crippen LogP contribution in [0.2, 0.25) is 0 Å². The van der Waals surface area contributed by atoms with E-state index in [4.69, 9.17) is 4.74 Å². The summed E-state index contributed by atoms with van der Waals surface area (Å²) in [4.78, 5) is 18.8. The second-order valence-electron chi connectivity index (χ2n) is 7.03. The summed E-state index contributed by atoms with van der Waals surface area (Å²) in [5.74, 6) is 0.630. The third-order valence-corrected chi connectivity index (χ3v) is 6.26. The van der Waals surface area contributed by atoms with Gasteiger partial charge >= 0.3 is 0 Å². The molecule has 0 radical (unpaired) electrons. The number of methoxy groups -OCH3 is 1. The lowest BCUT2D eigenvalue weighted by Gasteiger charge is -2.36. The maximum Gasteiger partial charge on any atom is 0.246 e. The highest BCUT2D eigenvalue weighted by atomic mass is 32.1. The second kappa shape index (κ2) is 9.13. The zero-order valence-electron chi connectivity index (χ0n) is 16.8. The standard InChI is InChI=1S/C24H23FN2O2S/c1-29-22-5-3-2-4-21(22)26-14-16-27(17-15-26)24(28)13-11-20-10-12-23(30-20)18-6-8-19(25)9-7-18/h2-13H,14-17H2,1H3/b13-11+. The number of hydrogen-bond acceptors (Lipinski definition) is 4. The fourth-order valence-corrected chi connectivity index (χ4v) is 4.45. The lowest BCUT2D eigenvalue weighted by molar-refractivity contribution is -0.126. The molecule has 4 rings (SSSR count). The molecule has 1 aliphatic heterocycles.